The zero-order chi connectivity index (χ0) is 16.3. The molecule has 0 amide bonds. The minimum Gasteiger partial charge on any atom is -0.292 e. The van der Waals surface area contributed by atoms with Gasteiger partial charge in [0, 0.05) is 5.56 Å². The van der Waals surface area contributed by atoms with Crippen molar-refractivity contribution in [3.63, 3.8) is 0 Å². The number of hydrogen-bond acceptors (Lipinski definition) is 3. The summed E-state index contributed by atoms with van der Waals surface area (Å²) in [4.78, 5) is 12.6. The van der Waals surface area contributed by atoms with Crippen molar-refractivity contribution in [2.24, 2.45) is 0 Å². The van der Waals surface area contributed by atoms with E-state index < -0.39 is 13.1 Å². The minimum absolute atomic E-state index is 0.168. The Morgan fingerprint density at radius 3 is 2.00 bits per heavy atom. The monoisotopic (exact) mass is 428 g/mol. The molecular formula is C17H17IO3S. The lowest BCUT2D eigenvalue weighted by atomic mass is 10.0. The highest BCUT2D eigenvalue weighted by molar-refractivity contribution is 14.1. The average Bonchev–Trinajstić information content (AvgIpc) is 2.54. The molecule has 2 aromatic carbocycles. The number of alkyl halides is 1. The molecule has 0 spiro atoms. The highest BCUT2D eigenvalue weighted by Gasteiger charge is 2.31. The van der Waals surface area contributed by atoms with Crippen molar-refractivity contribution >= 4 is 38.2 Å². The van der Waals surface area contributed by atoms with Gasteiger partial charge in [-0.2, -0.15) is 0 Å². The summed E-state index contributed by atoms with van der Waals surface area (Å²) in [5.41, 5.74) is 1.54. The average molecular weight is 428 g/mol. The molecule has 0 saturated heterocycles. The van der Waals surface area contributed by atoms with Crippen LogP contribution in [0.4, 0.5) is 0 Å². The molecule has 3 nitrogen and oxygen atoms in total. The Hall–Kier alpha value is -1.21. The molecule has 22 heavy (non-hydrogen) atoms. The molecule has 2 rings (SSSR count). The summed E-state index contributed by atoms with van der Waals surface area (Å²) in [5, 5.41) is 0. The van der Waals surface area contributed by atoms with Gasteiger partial charge in [-0.25, -0.2) is 8.42 Å². The van der Waals surface area contributed by atoms with Gasteiger partial charge in [-0.1, -0.05) is 78.9 Å². The summed E-state index contributed by atoms with van der Waals surface area (Å²) in [7, 11) is -3.68. The highest BCUT2D eigenvalue weighted by Crippen LogP contribution is 2.25. The number of benzene rings is 2. The van der Waals surface area contributed by atoms with E-state index in [0.717, 1.165) is 5.56 Å². The molecule has 116 valence electrons. The molecule has 0 aliphatic heterocycles. The summed E-state index contributed by atoms with van der Waals surface area (Å²) in [6, 6.07) is 15.2. The Morgan fingerprint density at radius 1 is 0.955 bits per heavy atom. The van der Waals surface area contributed by atoms with E-state index in [-0.39, 0.29) is 10.7 Å². The first-order valence-electron chi connectivity index (χ1n) is 6.91. The molecule has 0 bridgehead atoms. The van der Waals surface area contributed by atoms with E-state index in [1.165, 1.54) is 12.1 Å². The fraction of sp³-hybridized carbons (Fsp3) is 0.235. The van der Waals surface area contributed by atoms with Crippen LogP contribution in [0.5, 0.6) is 0 Å². The van der Waals surface area contributed by atoms with Crippen LogP contribution in [0.25, 0.3) is 0 Å². The third-order valence-electron chi connectivity index (χ3n) is 3.41. The van der Waals surface area contributed by atoms with Gasteiger partial charge in [-0.15, -0.1) is 0 Å². The van der Waals surface area contributed by atoms with Crippen LogP contribution >= 0.6 is 22.6 Å². The highest BCUT2D eigenvalue weighted by atomic mass is 127. The molecule has 0 aromatic heterocycles. The lowest BCUT2D eigenvalue weighted by Gasteiger charge is -2.12. The van der Waals surface area contributed by atoms with Crippen molar-refractivity contribution in [1.82, 2.24) is 0 Å². The first-order valence-corrected chi connectivity index (χ1v) is 9.70. The summed E-state index contributed by atoms with van der Waals surface area (Å²) in [5.74, 6) is -0.0210. The number of ketones is 1. The Labute approximate surface area is 144 Å². The molecule has 0 saturated carbocycles. The number of halogens is 1. The Kier molecular flexibility index (Phi) is 5.39. The van der Waals surface area contributed by atoms with Gasteiger partial charge in [-0.05, 0) is 23.6 Å². The number of carbonyl (C=O) groups is 1. The fourth-order valence-corrected chi connectivity index (χ4v) is 4.47. The van der Waals surface area contributed by atoms with Gasteiger partial charge in [0.15, 0.2) is 18.9 Å². The quantitative estimate of drug-likeness (QED) is 0.407. The van der Waals surface area contributed by atoms with Gasteiger partial charge in [-0.3, -0.25) is 4.79 Å². The molecule has 1 atom stereocenters. The first kappa shape index (κ1) is 17.1. The number of rotatable bonds is 5. The predicted molar refractivity (Wildman–Crippen MR) is 96.3 cm³/mol. The molecule has 2 aromatic rings. The Bertz CT molecular complexity index is 750. The van der Waals surface area contributed by atoms with Gasteiger partial charge >= 0.3 is 0 Å². The van der Waals surface area contributed by atoms with Gasteiger partial charge < -0.3 is 0 Å². The van der Waals surface area contributed by atoms with Crippen molar-refractivity contribution in [2.75, 3.05) is 0 Å². The third kappa shape index (κ3) is 3.57. The van der Waals surface area contributed by atoms with Crippen LogP contribution in [0.2, 0.25) is 0 Å². The molecule has 5 heteroatoms. The smallest absolute Gasteiger partial charge is 0.197 e. The van der Waals surface area contributed by atoms with Crippen LogP contribution in [0, 0.1) is 0 Å². The zero-order valence-corrected chi connectivity index (χ0v) is 15.3. The van der Waals surface area contributed by atoms with Gasteiger partial charge in [0.1, 0.15) is 0 Å². The van der Waals surface area contributed by atoms with Crippen molar-refractivity contribution < 1.29 is 13.2 Å². The normalized spacial score (nSPS) is 13.1. The van der Waals surface area contributed by atoms with Crippen LogP contribution in [-0.4, -0.2) is 17.5 Å². The fourth-order valence-electron chi connectivity index (χ4n) is 2.03. The molecule has 1 unspecified atom stereocenters. The summed E-state index contributed by atoms with van der Waals surface area (Å²) < 4.78 is 23.9. The van der Waals surface area contributed by atoms with E-state index in [9.17, 15) is 13.2 Å². The second-order valence-electron chi connectivity index (χ2n) is 5.32. The lowest BCUT2D eigenvalue weighted by molar-refractivity contribution is 0.101. The zero-order valence-electron chi connectivity index (χ0n) is 12.4. The van der Waals surface area contributed by atoms with E-state index in [0.29, 0.717) is 11.5 Å². The second kappa shape index (κ2) is 6.91. The van der Waals surface area contributed by atoms with E-state index in [4.69, 9.17) is 0 Å². The topological polar surface area (TPSA) is 51.2 Å². The first-order chi connectivity index (χ1) is 10.3. The van der Waals surface area contributed by atoms with E-state index in [2.05, 4.69) is 13.8 Å². The van der Waals surface area contributed by atoms with Gasteiger partial charge in [0.05, 0.1) is 4.90 Å². The third-order valence-corrected chi connectivity index (χ3v) is 7.67. The molecule has 0 aliphatic rings. The molecular weight excluding hydrogens is 411 g/mol. The second-order valence-corrected chi connectivity index (χ2v) is 9.44. The molecule has 0 radical (unpaired) electrons. The van der Waals surface area contributed by atoms with Crippen LogP contribution in [0.1, 0.15) is 35.7 Å². The minimum atomic E-state index is -3.68. The van der Waals surface area contributed by atoms with Crippen molar-refractivity contribution in [1.29, 1.82) is 0 Å². The number of hydrogen-bond donors (Lipinski definition) is 0. The maximum absolute atomic E-state index is 12.5. The van der Waals surface area contributed by atoms with Crippen molar-refractivity contribution in [3.8, 4) is 0 Å². The lowest BCUT2D eigenvalue weighted by Crippen LogP contribution is -2.24. The van der Waals surface area contributed by atoms with Crippen LogP contribution in [0.3, 0.4) is 0 Å². The SMILES string of the molecule is CC(C)c1ccc(C(=O)C(I)S(=O)(=O)c2ccccc2)cc1. The molecule has 0 N–H and O–H groups in total. The standard InChI is InChI=1S/C17H17IO3S/c1-12(2)13-8-10-14(11-9-13)16(19)17(18)22(20,21)15-6-4-3-5-7-15/h3-12,17H,1-2H3. The summed E-state index contributed by atoms with van der Waals surface area (Å²) >= 11 is 1.70. The largest absolute Gasteiger partial charge is 0.292 e. The maximum Gasteiger partial charge on any atom is 0.197 e. The van der Waals surface area contributed by atoms with Crippen LogP contribution in [0.15, 0.2) is 59.5 Å². The molecule has 0 aliphatic carbocycles. The molecule has 0 fully saturated rings. The number of Topliss-reactive ketones (excluding diaryl/α,β-unsaturated/α-hetero) is 1. The van der Waals surface area contributed by atoms with Crippen molar-refractivity contribution in [3.05, 3.63) is 65.7 Å². The van der Waals surface area contributed by atoms with E-state index in [1.807, 2.05) is 12.1 Å². The Balaban J connectivity index is 2.29. The number of sulfone groups is 1. The van der Waals surface area contributed by atoms with Crippen LogP contribution in [-0.2, 0) is 9.84 Å². The van der Waals surface area contributed by atoms with Gasteiger partial charge in [0.25, 0.3) is 0 Å². The predicted octanol–water partition coefficient (Wildman–Crippen LogP) is 4.23. The van der Waals surface area contributed by atoms with Crippen molar-refractivity contribution in [2.45, 2.75) is 27.9 Å². The summed E-state index contributed by atoms with van der Waals surface area (Å²) in [6.07, 6.45) is 0. The van der Waals surface area contributed by atoms with Gasteiger partial charge in [0.2, 0.25) is 0 Å². The molecule has 0 heterocycles. The Morgan fingerprint density at radius 2 is 1.50 bits per heavy atom. The maximum atomic E-state index is 12.5. The number of carbonyl (C=O) groups excluding carboxylic acids is 1. The summed E-state index contributed by atoms with van der Waals surface area (Å²) in [6.45, 7) is 4.13. The van der Waals surface area contributed by atoms with E-state index in [1.54, 1.807) is 52.9 Å². The van der Waals surface area contributed by atoms with Crippen LogP contribution < -0.4 is 0 Å². The van der Waals surface area contributed by atoms with E-state index >= 15 is 0 Å².